The lowest BCUT2D eigenvalue weighted by Crippen LogP contribution is -2.16. The minimum absolute atomic E-state index is 0.0289. The fourth-order valence-electron chi connectivity index (χ4n) is 3.43. The first-order valence-electron chi connectivity index (χ1n) is 9.83. The van der Waals surface area contributed by atoms with Gasteiger partial charge >= 0.3 is 5.97 Å². The quantitative estimate of drug-likeness (QED) is 0.409. The molecule has 3 aromatic carbocycles. The van der Waals surface area contributed by atoms with Gasteiger partial charge < -0.3 is 4.74 Å². The van der Waals surface area contributed by atoms with E-state index in [1.165, 1.54) is 36.1 Å². The fraction of sp³-hybridized carbons (Fsp3) is 0.0833. The second kappa shape index (κ2) is 8.73. The number of anilines is 1. The topological polar surface area (TPSA) is 94.5 Å². The summed E-state index contributed by atoms with van der Waals surface area (Å²) in [4.78, 5) is 25.3. The van der Waals surface area contributed by atoms with Gasteiger partial charge in [-0.2, -0.15) is 0 Å². The smallest absolute Gasteiger partial charge is 0.340 e. The highest BCUT2D eigenvalue weighted by molar-refractivity contribution is 7.92. The number of sulfonamides is 1. The zero-order chi connectivity index (χ0) is 23.8. The van der Waals surface area contributed by atoms with Crippen molar-refractivity contribution in [1.29, 1.82) is 0 Å². The van der Waals surface area contributed by atoms with Crippen LogP contribution in [0.1, 0.15) is 26.3 Å². The molecule has 0 unspecified atom stereocenters. The maximum atomic E-state index is 13.3. The van der Waals surface area contributed by atoms with Gasteiger partial charge in [0.1, 0.15) is 4.90 Å². The summed E-state index contributed by atoms with van der Waals surface area (Å²) in [5.41, 5.74) is 2.14. The molecular weight excluding hydrogens is 464 g/mol. The third-order valence-corrected chi connectivity index (χ3v) is 6.97. The van der Waals surface area contributed by atoms with Gasteiger partial charge in [-0.25, -0.2) is 13.2 Å². The van der Waals surface area contributed by atoms with E-state index in [2.05, 4.69) is 4.72 Å². The van der Waals surface area contributed by atoms with Crippen molar-refractivity contribution in [1.82, 2.24) is 4.57 Å². The molecule has 0 amide bonds. The van der Waals surface area contributed by atoms with E-state index in [0.717, 1.165) is 5.56 Å². The van der Waals surface area contributed by atoms with E-state index in [0.29, 0.717) is 16.6 Å². The number of rotatable bonds is 5. The van der Waals surface area contributed by atoms with E-state index in [9.17, 15) is 18.0 Å². The largest absolute Gasteiger partial charge is 0.465 e. The molecule has 0 saturated carbocycles. The summed E-state index contributed by atoms with van der Waals surface area (Å²) < 4.78 is 34.6. The van der Waals surface area contributed by atoms with Crippen molar-refractivity contribution in [2.75, 3.05) is 11.8 Å². The molecule has 0 spiro atoms. The molecule has 0 atom stereocenters. The second-order valence-corrected chi connectivity index (χ2v) is 9.40. The Morgan fingerprint density at radius 2 is 1.70 bits per heavy atom. The molecule has 0 fully saturated rings. The molecule has 0 aliphatic rings. The number of fused-ring (bicyclic) bond motifs is 1. The fourth-order valence-corrected chi connectivity index (χ4v) is 5.02. The summed E-state index contributed by atoms with van der Waals surface area (Å²) in [5.74, 6) is -1.11. The number of esters is 1. The SMILES string of the molecule is COC(=O)c1cn(C(=O)c2ccc(Cl)c(S(=O)(=O)Nc3ccc(C)cc3)c2)c2ccccc12. The van der Waals surface area contributed by atoms with E-state index in [-0.39, 0.29) is 21.0 Å². The number of halogens is 1. The Kier molecular flexibility index (Phi) is 5.97. The lowest BCUT2D eigenvalue weighted by atomic mass is 10.2. The van der Waals surface area contributed by atoms with Crippen LogP contribution < -0.4 is 4.72 Å². The zero-order valence-corrected chi connectivity index (χ0v) is 19.3. The highest BCUT2D eigenvalue weighted by atomic mass is 35.5. The second-order valence-electron chi connectivity index (χ2n) is 7.34. The number of nitrogens with zero attached hydrogens (tertiary/aromatic N) is 1. The monoisotopic (exact) mass is 482 g/mol. The van der Waals surface area contributed by atoms with Crippen molar-refractivity contribution in [2.24, 2.45) is 0 Å². The van der Waals surface area contributed by atoms with Gasteiger partial charge in [-0.15, -0.1) is 0 Å². The lowest BCUT2D eigenvalue weighted by molar-refractivity contribution is 0.0603. The van der Waals surface area contributed by atoms with Crippen molar-refractivity contribution in [3.05, 3.63) is 94.6 Å². The summed E-state index contributed by atoms with van der Waals surface area (Å²) in [6.07, 6.45) is 1.38. The van der Waals surface area contributed by atoms with Crippen LogP contribution in [-0.4, -0.2) is 32.0 Å². The number of aryl methyl sites for hydroxylation is 1. The molecule has 33 heavy (non-hydrogen) atoms. The van der Waals surface area contributed by atoms with Gasteiger partial charge in [-0.3, -0.25) is 14.1 Å². The van der Waals surface area contributed by atoms with E-state index < -0.39 is 21.9 Å². The molecule has 0 radical (unpaired) electrons. The van der Waals surface area contributed by atoms with Crippen LogP contribution >= 0.6 is 11.6 Å². The van der Waals surface area contributed by atoms with Gasteiger partial charge in [0, 0.05) is 22.8 Å². The minimum Gasteiger partial charge on any atom is -0.465 e. The van der Waals surface area contributed by atoms with Crippen LogP contribution in [0.25, 0.3) is 10.9 Å². The molecule has 0 bridgehead atoms. The van der Waals surface area contributed by atoms with Crippen LogP contribution in [0.4, 0.5) is 5.69 Å². The zero-order valence-electron chi connectivity index (χ0n) is 17.7. The van der Waals surface area contributed by atoms with Crippen LogP contribution in [0.15, 0.2) is 77.8 Å². The van der Waals surface area contributed by atoms with Crippen LogP contribution in [0.5, 0.6) is 0 Å². The highest BCUT2D eigenvalue weighted by Crippen LogP contribution is 2.28. The van der Waals surface area contributed by atoms with Crippen molar-refractivity contribution in [3.8, 4) is 0 Å². The van der Waals surface area contributed by atoms with E-state index in [1.54, 1.807) is 48.5 Å². The predicted molar refractivity (Wildman–Crippen MR) is 126 cm³/mol. The van der Waals surface area contributed by atoms with Crippen molar-refractivity contribution in [3.63, 3.8) is 0 Å². The number of carbonyl (C=O) groups excluding carboxylic acids is 2. The summed E-state index contributed by atoms with van der Waals surface area (Å²) in [6.45, 7) is 1.89. The first kappa shape index (κ1) is 22.6. The molecule has 0 aliphatic carbocycles. The van der Waals surface area contributed by atoms with Crippen LogP contribution in [0, 0.1) is 6.92 Å². The third-order valence-electron chi connectivity index (χ3n) is 5.11. The Labute approximate surface area is 195 Å². The maximum Gasteiger partial charge on any atom is 0.340 e. The Hall–Kier alpha value is -3.62. The molecule has 1 N–H and O–H groups in total. The van der Waals surface area contributed by atoms with Crippen molar-refractivity contribution < 1.29 is 22.7 Å². The summed E-state index contributed by atoms with van der Waals surface area (Å²) in [6, 6.07) is 17.7. The number of benzene rings is 3. The Morgan fingerprint density at radius 1 is 1.00 bits per heavy atom. The van der Waals surface area contributed by atoms with Crippen LogP contribution in [0.3, 0.4) is 0 Å². The van der Waals surface area contributed by atoms with Gasteiger partial charge in [0.15, 0.2) is 0 Å². The van der Waals surface area contributed by atoms with E-state index in [4.69, 9.17) is 16.3 Å². The molecule has 1 aromatic heterocycles. The number of aromatic nitrogens is 1. The van der Waals surface area contributed by atoms with Crippen molar-refractivity contribution >= 4 is 50.1 Å². The average Bonchev–Trinajstić information content (AvgIpc) is 3.19. The molecule has 0 aliphatic heterocycles. The van der Waals surface area contributed by atoms with Crippen LogP contribution in [0.2, 0.25) is 5.02 Å². The summed E-state index contributed by atoms with van der Waals surface area (Å²) >= 11 is 6.18. The number of para-hydroxylation sites is 1. The lowest BCUT2D eigenvalue weighted by Gasteiger charge is -2.12. The maximum absolute atomic E-state index is 13.3. The van der Waals surface area contributed by atoms with Gasteiger partial charge in [-0.05, 0) is 43.3 Å². The number of hydrogen-bond donors (Lipinski definition) is 1. The Morgan fingerprint density at radius 3 is 2.39 bits per heavy atom. The molecule has 9 heteroatoms. The number of ether oxygens (including phenoxy) is 1. The number of carbonyl (C=O) groups is 2. The normalized spacial score (nSPS) is 11.4. The summed E-state index contributed by atoms with van der Waals surface area (Å²) in [5, 5.41) is 0.513. The molecule has 168 valence electrons. The predicted octanol–water partition coefficient (Wildman–Crippen LogP) is 4.88. The molecule has 4 rings (SSSR count). The van der Waals surface area contributed by atoms with E-state index in [1.807, 2.05) is 6.92 Å². The average molecular weight is 483 g/mol. The standard InChI is InChI=1S/C24H19ClN2O5S/c1-15-7-10-17(11-8-15)26-33(30,31)22-13-16(9-12-20(22)25)23(28)27-14-19(24(29)32-2)18-5-3-4-6-21(18)27/h3-14,26H,1-2H3. The minimum atomic E-state index is -4.07. The Bertz CT molecular complexity index is 1490. The number of nitrogens with one attached hydrogen (secondary N) is 1. The summed E-state index contributed by atoms with van der Waals surface area (Å²) in [7, 11) is -2.81. The van der Waals surface area contributed by atoms with E-state index >= 15 is 0 Å². The molecule has 0 saturated heterocycles. The van der Waals surface area contributed by atoms with Gasteiger partial charge in [0.05, 0.1) is 23.2 Å². The van der Waals surface area contributed by atoms with Gasteiger partial charge in [-0.1, -0.05) is 47.5 Å². The first-order valence-corrected chi connectivity index (χ1v) is 11.7. The van der Waals surface area contributed by atoms with Crippen LogP contribution in [-0.2, 0) is 14.8 Å². The third kappa shape index (κ3) is 4.35. The number of hydrogen-bond acceptors (Lipinski definition) is 5. The first-order chi connectivity index (χ1) is 15.7. The van der Waals surface area contributed by atoms with Crippen molar-refractivity contribution in [2.45, 2.75) is 11.8 Å². The molecule has 7 nitrogen and oxygen atoms in total. The highest BCUT2D eigenvalue weighted by Gasteiger charge is 2.23. The Balaban J connectivity index is 1.76. The molecular formula is C24H19ClN2O5S. The van der Waals surface area contributed by atoms with Gasteiger partial charge in [0.2, 0.25) is 0 Å². The van der Waals surface area contributed by atoms with Gasteiger partial charge in [0.25, 0.3) is 15.9 Å². The molecule has 4 aromatic rings. The number of methoxy groups -OCH3 is 1. The molecule has 1 heterocycles.